The Balaban J connectivity index is 1.40. The SMILES string of the molecule is O=C(Nc1ccc(N2CCOCC2)nc1)c1ccc(NS(=O)(=O)c2ccc(O)c([N+](=O)[O-])c2)cc1. The second kappa shape index (κ2) is 9.95. The summed E-state index contributed by atoms with van der Waals surface area (Å²) in [5, 5.41) is 23.2. The number of nitrogens with zero attached hydrogens (tertiary/aromatic N) is 3. The molecule has 1 amide bonds. The van der Waals surface area contributed by atoms with Crippen LogP contribution in [0.15, 0.2) is 65.7 Å². The van der Waals surface area contributed by atoms with Crippen LogP contribution in [0.4, 0.5) is 22.9 Å². The Bertz CT molecular complexity index is 1340. The maximum absolute atomic E-state index is 12.6. The van der Waals surface area contributed by atoms with Crippen molar-refractivity contribution in [3.63, 3.8) is 0 Å². The van der Waals surface area contributed by atoms with Gasteiger partial charge in [0.2, 0.25) is 0 Å². The number of hydrogen-bond donors (Lipinski definition) is 3. The third-order valence-electron chi connectivity index (χ3n) is 5.19. The molecule has 0 atom stereocenters. The Morgan fingerprint density at radius 3 is 2.37 bits per heavy atom. The number of phenols is 1. The zero-order chi connectivity index (χ0) is 25.0. The average Bonchev–Trinajstić information content (AvgIpc) is 2.85. The molecule has 0 spiro atoms. The molecule has 1 aromatic heterocycles. The summed E-state index contributed by atoms with van der Waals surface area (Å²) in [5.41, 5.74) is 0.206. The van der Waals surface area contributed by atoms with Crippen molar-refractivity contribution in [2.24, 2.45) is 0 Å². The van der Waals surface area contributed by atoms with Crippen molar-refractivity contribution in [3.8, 4) is 5.75 Å². The number of carbonyl (C=O) groups is 1. The molecule has 4 rings (SSSR count). The second-order valence-corrected chi connectivity index (χ2v) is 9.23. The third kappa shape index (κ3) is 5.65. The summed E-state index contributed by atoms with van der Waals surface area (Å²) >= 11 is 0. The summed E-state index contributed by atoms with van der Waals surface area (Å²) in [6.45, 7) is 2.78. The first-order chi connectivity index (χ1) is 16.7. The molecule has 182 valence electrons. The number of carbonyl (C=O) groups excluding carboxylic acids is 1. The summed E-state index contributed by atoms with van der Waals surface area (Å²) in [7, 11) is -4.17. The molecule has 0 saturated carbocycles. The Hall–Kier alpha value is -4.23. The van der Waals surface area contributed by atoms with E-state index in [0.717, 1.165) is 37.1 Å². The van der Waals surface area contributed by atoms with Gasteiger partial charge in [0.1, 0.15) is 5.82 Å². The molecule has 0 unspecified atom stereocenters. The number of hydrogen-bond acceptors (Lipinski definition) is 9. The van der Waals surface area contributed by atoms with Gasteiger partial charge in [-0.2, -0.15) is 0 Å². The number of aromatic nitrogens is 1. The minimum absolute atomic E-state index is 0.147. The first-order valence-electron chi connectivity index (χ1n) is 10.4. The Morgan fingerprint density at radius 2 is 1.74 bits per heavy atom. The molecule has 1 aliphatic heterocycles. The highest BCUT2D eigenvalue weighted by Gasteiger charge is 2.21. The van der Waals surface area contributed by atoms with Crippen molar-refractivity contribution < 1.29 is 28.0 Å². The van der Waals surface area contributed by atoms with Gasteiger partial charge in [0, 0.05) is 30.4 Å². The Labute approximate surface area is 200 Å². The highest BCUT2D eigenvalue weighted by molar-refractivity contribution is 7.92. The number of sulfonamides is 1. The van der Waals surface area contributed by atoms with Crippen LogP contribution in [0, 0.1) is 10.1 Å². The highest BCUT2D eigenvalue weighted by Crippen LogP contribution is 2.29. The molecule has 3 N–H and O–H groups in total. The number of aromatic hydroxyl groups is 1. The predicted molar refractivity (Wildman–Crippen MR) is 127 cm³/mol. The van der Waals surface area contributed by atoms with Crippen LogP contribution in [-0.4, -0.2) is 55.6 Å². The minimum Gasteiger partial charge on any atom is -0.502 e. The lowest BCUT2D eigenvalue weighted by molar-refractivity contribution is -0.386. The first-order valence-corrected chi connectivity index (χ1v) is 11.9. The smallest absolute Gasteiger partial charge is 0.312 e. The van der Waals surface area contributed by atoms with Crippen molar-refractivity contribution in [3.05, 3.63) is 76.5 Å². The number of amides is 1. The van der Waals surface area contributed by atoms with Crippen LogP contribution in [0.3, 0.4) is 0 Å². The quantitative estimate of drug-likeness (QED) is 0.327. The van der Waals surface area contributed by atoms with E-state index in [1.54, 1.807) is 12.3 Å². The fourth-order valence-corrected chi connectivity index (χ4v) is 4.44. The largest absolute Gasteiger partial charge is 0.502 e. The highest BCUT2D eigenvalue weighted by atomic mass is 32.2. The number of pyridine rings is 1. The number of ether oxygens (including phenoxy) is 1. The fraction of sp³-hybridized carbons (Fsp3) is 0.182. The zero-order valence-corrected chi connectivity index (χ0v) is 19.1. The average molecular weight is 500 g/mol. The number of phenolic OH excluding ortho intramolecular Hbond substituents is 1. The van der Waals surface area contributed by atoms with E-state index in [1.165, 1.54) is 24.3 Å². The van der Waals surface area contributed by atoms with Crippen LogP contribution in [0.25, 0.3) is 0 Å². The number of morpholine rings is 1. The maximum Gasteiger partial charge on any atom is 0.312 e. The summed E-state index contributed by atoms with van der Waals surface area (Å²) in [6.07, 6.45) is 1.56. The predicted octanol–water partition coefficient (Wildman–Crippen LogP) is 2.59. The van der Waals surface area contributed by atoms with Gasteiger partial charge in [-0.1, -0.05) is 0 Å². The molecule has 0 aliphatic carbocycles. The molecule has 0 radical (unpaired) electrons. The van der Waals surface area contributed by atoms with Gasteiger partial charge in [0.25, 0.3) is 15.9 Å². The van der Waals surface area contributed by atoms with Crippen LogP contribution in [-0.2, 0) is 14.8 Å². The standard InChI is InChI=1S/C22H21N5O7S/c28-20-7-6-18(13-19(20)27(30)31)35(32,33)25-16-3-1-15(2-4-16)22(29)24-17-5-8-21(23-14-17)26-9-11-34-12-10-26/h1-8,13-14,25,28H,9-12H2,(H,24,29). The van der Waals surface area contributed by atoms with Gasteiger partial charge in [0.15, 0.2) is 5.75 Å². The van der Waals surface area contributed by atoms with Crippen molar-refractivity contribution in [2.75, 3.05) is 41.2 Å². The molecule has 2 aromatic carbocycles. The van der Waals surface area contributed by atoms with Crippen LogP contribution < -0.4 is 14.9 Å². The molecule has 1 fully saturated rings. The van der Waals surface area contributed by atoms with Crippen LogP contribution in [0.1, 0.15) is 10.4 Å². The Morgan fingerprint density at radius 1 is 1.06 bits per heavy atom. The third-order valence-corrected chi connectivity index (χ3v) is 6.57. The maximum atomic E-state index is 12.6. The number of nitro benzene ring substituents is 1. The van der Waals surface area contributed by atoms with Gasteiger partial charge < -0.3 is 20.1 Å². The molecular weight excluding hydrogens is 478 g/mol. The molecule has 35 heavy (non-hydrogen) atoms. The van der Waals surface area contributed by atoms with E-state index in [4.69, 9.17) is 4.74 Å². The van der Waals surface area contributed by atoms with Gasteiger partial charge in [-0.3, -0.25) is 19.6 Å². The summed E-state index contributed by atoms with van der Waals surface area (Å²) in [5.74, 6) is -0.258. The topological polar surface area (TPSA) is 164 Å². The van der Waals surface area contributed by atoms with E-state index in [1.807, 2.05) is 6.07 Å². The van der Waals surface area contributed by atoms with E-state index in [-0.39, 0.29) is 11.3 Å². The second-order valence-electron chi connectivity index (χ2n) is 7.55. The van der Waals surface area contributed by atoms with E-state index in [0.29, 0.717) is 18.9 Å². The molecule has 3 aromatic rings. The van der Waals surface area contributed by atoms with Crippen LogP contribution >= 0.6 is 0 Å². The number of nitro groups is 1. The van der Waals surface area contributed by atoms with E-state index in [9.17, 15) is 28.4 Å². The zero-order valence-electron chi connectivity index (χ0n) is 18.2. The van der Waals surface area contributed by atoms with E-state index < -0.39 is 37.2 Å². The fourth-order valence-electron chi connectivity index (χ4n) is 3.36. The summed E-state index contributed by atoms with van der Waals surface area (Å²) in [4.78, 5) is 28.7. The molecule has 12 nitrogen and oxygen atoms in total. The van der Waals surface area contributed by atoms with Gasteiger partial charge in [-0.25, -0.2) is 13.4 Å². The lowest BCUT2D eigenvalue weighted by Gasteiger charge is -2.27. The number of anilines is 3. The Kier molecular flexibility index (Phi) is 6.80. The van der Waals surface area contributed by atoms with Gasteiger partial charge >= 0.3 is 5.69 Å². The number of rotatable bonds is 7. The van der Waals surface area contributed by atoms with Gasteiger partial charge in [-0.15, -0.1) is 0 Å². The summed E-state index contributed by atoms with van der Waals surface area (Å²) < 4.78 is 32.8. The number of benzene rings is 2. The molecular formula is C22H21N5O7S. The minimum atomic E-state index is -4.17. The summed E-state index contributed by atoms with van der Waals surface area (Å²) in [6, 6.07) is 11.9. The van der Waals surface area contributed by atoms with Gasteiger partial charge in [-0.05, 0) is 48.5 Å². The molecule has 0 bridgehead atoms. The normalized spacial score (nSPS) is 13.8. The number of nitrogens with one attached hydrogen (secondary N) is 2. The van der Waals surface area contributed by atoms with Gasteiger partial charge in [0.05, 0.1) is 34.9 Å². The van der Waals surface area contributed by atoms with E-state index in [2.05, 4.69) is 19.9 Å². The monoisotopic (exact) mass is 499 g/mol. The van der Waals surface area contributed by atoms with Crippen LogP contribution in [0.5, 0.6) is 5.75 Å². The molecule has 1 saturated heterocycles. The lowest BCUT2D eigenvalue weighted by atomic mass is 10.2. The van der Waals surface area contributed by atoms with Crippen molar-refractivity contribution >= 4 is 38.8 Å². The van der Waals surface area contributed by atoms with E-state index >= 15 is 0 Å². The van der Waals surface area contributed by atoms with Crippen LogP contribution in [0.2, 0.25) is 0 Å². The molecule has 2 heterocycles. The van der Waals surface area contributed by atoms with Crippen molar-refractivity contribution in [2.45, 2.75) is 4.90 Å². The molecule has 1 aliphatic rings. The van der Waals surface area contributed by atoms with Crippen molar-refractivity contribution in [1.29, 1.82) is 0 Å². The molecule has 13 heteroatoms. The lowest BCUT2D eigenvalue weighted by Crippen LogP contribution is -2.36. The first kappa shape index (κ1) is 23.9. The van der Waals surface area contributed by atoms with Crippen molar-refractivity contribution in [1.82, 2.24) is 4.98 Å².